The summed E-state index contributed by atoms with van der Waals surface area (Å²) in [6.45, 7) is -4.16. The third kappa shape index (κ3) is 2.04. The Morgan fingerprint density at radius 3 is 2.46 bits per heavy atom. The molecule has 0 atom stereocenters. The third-order valence-corrected chi connectivity index (χ3v) is 5.36. The van der Waals surface area contributed by atoms with Gasteiger partial charge in [-0.2, -0.15) is 0 Å². The van der Waals surface area contributed by atoms with E-state index in [0.29, 0.717) is 0 Å². The molecule has 0 aliphatic carbocycles. The molecular formula is C15H7BBr2F4N2. The van der Waals surface area contributed by atoms with Gasteiger partial charge < -0.3 is 17.6 Å². The predicted octanol–water partition coefficient (Wildman–Crippen LogP) is 4.90. The number of hydrogen-bond acceptors (Lipinski definition) is 0. The minimum atomic E-state index is -4.16. The Kier molecular flexibility index (Phi) is 3.44. The number of nitrogens with zero attached hydrogens (tertiary/aromatic N) is 2. The maximum absolute atomic E-state index is 15.0. The molecule has 0 saturated heterocycles. The van der Waals surface area contributed by atoms with Crippen molar-refractivity contribution in [2.45, 2.75) is 0 Å². The van der Waals surface area contributed by atoms with E-state index < -0.39 is 18.6 Å². The Morgan fingerprint density at radius 1 is 1.00 bits per heavy atom. The van der Waals surface area contributed by atoms with Crippen LogP contribution >= 0.6 is 31.9 Å². The summed E-state index contributed by atoms with van der Waals surface area (Å²) in [5.41, 5.74) is 0.657. The maximum atomic E-state index is 15.0. The number of benzene rings is 1. The number of halogens is 6. The summed E-state index contributed by atoms with van der Waals surface area (Å²) in [4.78, 5) is 0. The fourth-order valence-electron chi connectivity index (χ4n) is 3.10. The van der Waals surface area contributed by atoms with Crippen LogP contribution in [-0.2, 0) is 0 Å². The van der Waals surface area contributed by atoms with Crippen molar-refractivity contribution in [3.63, 3.8) is 0 Å². The van der Waals surface area contributed by atoms with Crippen molar-refractivity contribution < 1.29 is 21.9 Å². The third-order valence-electron chi connectivity index (χ3n) is 4.07. The summed E-state index contributed by atoms with van der Waals surface area (Å²) >= 11 is 6.25. The van der Waals surface area contributed by atoms with Crippen molar-refractivity contribution in [2.24, 2.45) is 0 Å². The van der Waals surface area contributed by atoms with Crippen molar-refractivity contribution >= 4 is 49.0 Å². The molecule has 2 aromatic rings. The standard InChI is InChI=1S/C15H7BBr2F4N2/c17-13-5-3-11-15(9-2-1-8(19)7-10(9)20)12-4-6-14(18)24(12)16(21,22)23(11)13/h1-7H. The molecule has 0 N–H and O–H groups in total. The highest BCUT2D eigenvalue weighted by atomic mass is 79.9. The van der Waals surface area contributed by atoms with Gasteiger partial charge in [-0.05, 0) is 40.2 Å². The molecule has 3 heterocycles. The molecule has 0 unspecified atom stereocenters. The molecule has 1 aromatic carbocycles. The highest BCUT2D eigenvalue weighted by Gasteiger charge is 2.54. The van der Waals surface area contributed by atoms with Crippen LogP contribution in [0.3, 0.4) is 0 Å². The highest BCUT2D eigenvalue weighted by Crippen LogP contribution is 2.42. The fraction of sp³-hybridized carbons (Fsp3) is 0. The van der Waals surface area contributed by atoms with Crippen LogP contribution in [0.1, 0.15) is 11.3 Å². The molecule has 0 radical (unpaired) electrons. The van der Waals surface area contributed by atoms with Crippen LogP contribution in [0.2, 0.25) is 0 Å². The van der Waals surface area contributed by atoms with Crippen LogP contribution < -0.4 is 0 Å². The zero-order valence-electron chi connectivity index (χ0n) is 11.8. The van der Waals surface area contributed by atoms with Crippen molar-refractivity contribution in [3.05, 3.63) is 75.7 Å². The van der Waals surface area contributed by atoms with Gasteiger partial charge in [-0.15, -0.1) is 0 Å². The fourth-order valence-corrected chi connectivity index (χ4v) is 4.24. The molecule has 9 heteroatoms. The second kappa shape index (κ2) is 5.19. The van der Waals surface area contributed by atoms with E-state index >= 15 is 0 Å². The first-order valence-electron chi connectivity index (χ1n) is 6.91. The number of rotatable bonds is 1. The topological polar surface area (TPSA) is 7.94 Å². The molecule has 1 aromatic heterocycles. The zero-order chi connectivity index (χ0) is 17.2. The predicted molar refractivity (Wildman–Crippen MR) is 91.2 cm³/mol. The van der Waals surface area contributed by atoms with Gasteiger partial charge in [0.15, 0.2) is 5.70 Å². The Labute approximate surface area is 151 Å². The van der Waals surface area contributed by atoms with Crippen LogP contribution in [0, 0.1) is 11.6 Å². The van der Waals surface area contributed by atoms with Gasteiger partial charge >= 0.3 is 6.97 Å². The molecule has 2 aliphatic heterocycles. The minimum Gasteiger partial charge on any atom is -0.389 e. The average Bonchev–Trinajstić information content (AvgIpc) is 3.06. The molecule has 2 nitrogen and oxygen atoms in total. The molecule has 0 bridgehead atoms. The van der Waals surface area contributed by atoms with Gasteiger partial charge in [0.05, 0.1) is 10.2 Å². The lowest BCUT2D eigenvalue weighted by atomic mass is 9.86. The monoisotopic (exact) mass is 460 g/mol. The molecule has 0 spiro atoms. The number of aromatic nitrogens is 1. The van der Waals surface area contributed by atoms with E-state index in [1.165, 1.54) is 30.4 Å². The van der Waals surface area contributed by atoms with Crippen molar-refractivity contribution in [1.29, 1.82) is 0 Å². The molecular weight excluding hydrogens is 455 g/mol. The van der Waals surface area contributed by atoms with Gasteiger partial charge in [0, 0.05) is 45.4 Å². The molecule has 24 heavy (non-hydrogen) atoms. The van der Waals surface area contributed by atoms with E-state index in [0.717, 1.165) is 21.1 Å². The molecule has 122 valence electrons. The first kappa shape index (κ1) is 15.9. The normalized spacial score (nSPS) is 18.2. The number of hydrogen-bond donors (Lipinski definition) is 0. The molecule has 0 fully saturated rings. The lowest BCUT2D eigenvalue weighted by molar-refractivity contribution is -0.358. The van der Waals surface area contributed by atoms with Crippen LogP contribution in [0.4, 0.5) is 17.4 Å². The average molecular weight is 462 g/mol. The Balaban J connectivity index is 2.12. The molecule has 4 rings (SSSR count). The van der Waals surface area contributed by atoms with Gasteiger partial charge in [0.1, 0.15) is 11.6 Å². The van der Waals surface area contributed by atoms with E-state index in [-0.39, 0.29) is 31.8 Å². The van der Waals surface area contributed by atoms with E-state index in [2.05, 4.69) is 31.9 Å². The van der Waals surface area contributed by atoms with Gasteiger partial charge in [-0.1, -0.05) is 0 Å². The van der Waals surface area contributed by atoms with Crippen LogP contribution in [0.25, 0.3) is 5.57 Å². The summed E-state index contributed by atoms with van der Waals surface area (Å²) in [6, 6.07) is 6.07. The van der Waals surface area contributed by atoms with Gasteiger partial charge in [0.2, 0.25) is 4.62 Å². The Bertz CT molecular complexity index is 991. The van der Waals surface area contributed by atoms with Crippen molar-refractivity contribution in [1.82, 2.24) is 4.48 Å². The summed E-state index contributed by atoms with van der Waals surface area (Å²) in [5.74, 6) is -1.54. The molecule has 0 saturated carbocycles. The van der Waals surface area contributed by atoms with Crippen LogP contribution in [-0.4, -0.2) is 20.6 Å². The maximum Gasteiger partial charge on any atom is 0.738 e. The minimum absolute atomic E-state index is 0.0569. The SMILES string of the molecule is Fc1ccc(C2=C3C=CC(Br)=[N+]3[B-](F)(F)n3c(Br)ccc32)c(F)c1. The van der Waals surface area contributed by atoms with E-state index in [1.807, 2.05) is 0 Å². The quantitative estimate of drug-likeness (QED) is 0.421. The van der Waals surface area contributed by atoms with Crippen LogP contribution in [0.15, 0.2) is 52.8 Å². The van der Waals surface area contributed by atoms with Crippen molar-refractivity contribution in [3.8, 4) is 0 Å². The first-order valence-corrected chi connectivity index (χ1v) is 8.50. The van der Waals surface area contributed by atoms with Gasteiger partial charge in [-0.3, -0.25) is 0 Å². The largest absolute Gasteiger partial charge is 0.738 e. The molecule has 2 aliphatic rings. The summed E-state index contributed by atoms with van der Waals surface area (Å²) in [6.07, 6.45) is 2.97. The molecule has 0 amide bonds. The lowest BCUT2D eigenvalue weighted by Gasteiger charge is -2.32. The highest BCUT2D eigenvalue weighted by molar-refractivity contribution is 9.18. The van der Waals surface area contributed by atoms with E-state index in [1.54, 1.807) is 0 Å². The Morgan fingerprint density at radius 2 is 1.75 bits per heavy atom. The second-order valence-electron chi connectivity index (χ2n) is 5.41. The zero-order valence-corrected chi connectivity index (χ0v) is 15.0. The summed E-state index contributed by atoms with van der Waals surface area (Å²) in [7, 11) is 0. The van der Waals surface area contributed by atoms with Crippen LogP contribution in [0.5, 0.6) is 0 Å². The second-order valence-corrected chi connectivity index (χ2v) is 7.04. The van der Waals surface area contributed by atoms with Crippen molar-refractivity contribution in [2.75, 3.05) is 0 Å². The van der Waals surface area contributed by atoms with E-state index in [9.17, 15) is 17.4 Å². The Hall–Kier alpha value is -1.61. The summed E-state index contributed by atoms with van der Waals surface area (Å²) in [5, 5.41) is 0. The smallest absolute Gasteiger partial charge is 0.389 e. The lowest BCUT2D eigenvalue weighted by Crippen LogP contribution is -2.50. The summed E-state index contributed by atoms with van der Waals surface area (Å²) < 4.78 is 59.6. The van der Waals surface area contributed by atoms with E-state index in [4.69, 9.17) is 0 Å². The number of fused-ring (bicyclic) bond motifs is 2. The van der Waals surface area contributed by atoms with Gasteiger partial charge in [0.25, 0.3) is 0 Å². The van der Waals surface area contributed by atoms with Gasteiger partial charge in [-0.25, -0.2) is 8.78 Å². The number of allylic oxidation sites excluding steroid dienone is 2. The first-order chi connectivity index (χ1) is 11.3.